The summed E-state index contributed by atoms with van der Waals surface area (Å²) in [6.45, 7) is 7.67. The molecule has 8 heteroatoms. The first-order chi connectivity index (χ1) is 11.5. The minimum absolute atomic E-state index is 0.0632. The molecule has 25 heavy (non-hydrogen) atoms. The van der Waals surface area contributed by atoms with Gasteiger partial charge in [-0.15, -0.1) is 0 Å². The zero-order valence-electron chi connectivity index (χ0n) is 15.7. The van der Waals surface area contributed by atoms with Gasteiger partial charge in [-0.1, -0.05) is 20.8 Å². The second-order valence-electron chi connectivity index (χ2n) is 8.31. The van der Waals surface area contributed by atoms with Crippen LogP contribution in [0, 0.1) is 11.3 Å². The number of nitrogens with zero attached hydrogens (tertiary/aromatic N) is 2. The van der Waals surface area contributed by atoms with Crippen molar-refractivity contribution < 1.29 is 18.0 Å². The highest BCUT2D eigenvalue weighted by atomic mass is 32.2. The highest BCUT2D eigenvalue weighted by Crippen LogP contribution is 2.24. The maximum atomic E-state index is 12.6. The van der Waals surface area contributed by atoms with Crippen LogP contribution in [-0.4, -0.2) is 67.9 Å². The minimum Gasteiger partial charge on any atom is -0.352 e. The Hall–Kier alpha value is -1.15. The van der Waals surface area contributed by atoms with Crippen LogP contribution in [0.5, 0.6) is 0 Å². The molecule has 0 aromatic rings. The lowest BCUT2D eigenvalue weighted by Crippen LogP contribution is -2.53. The quantitative estimate of drug-likeness (QED) is 0.793. The van der Waals surface area contributed by atoms with Gasteiger partial charge < -0.3 is 10.2 Å². The fourth-order valence-corrected chi connectivity index (χ4v) is 4.44. The monoisotopic (exact) mass is 373 g/mol. The predicted molar refractivity (Wildman–Crippen MR) is 96.3 cm³/mol. The Morgan fingerprint density at radius 1 is 1.04 bits per heavy atom. The minimum atomic E-state index is -3.23. The van der Waals surface area contributed by atoms with E-state index in [0.29, 0.717) is 26.2 Å². The van der Waals surface area contributed by atoms with Gasteiger partial charge in [0.25, 0.3) is 0 Å². The summed E-state index contributed by atoms with van der Waals surface area (Å²) in [6.07, 6.45) is 4.32. The molecule has 2 aliphatic rings. The van der Waals surface area contributed by atoms with E-state index >= 15 is 0 Å². The fraction of sp³-hybridized carbons (Fsp3) is 0.882. The van der Waals surface area contributed by atoms with E-state index in [4.69, 9.17) is 0 Å². The van der Waals surface area contributed by atoms with Gasteiger partial charge in [0, 0.05) is 37.6 Å². The smallest absolute Gasteiger partial charge is 0.227 e. The van der Waals surface area contributed by atoms with Gasteiger partial charge in [0.2, 0.25) is 21.8 Å². The Morgan fingerprint density at radius 3 is 2.28 bits per heavy atom. The molecule has 0 aromatic carbocycles. The van der Waals surface area contributed by atoms with Gasteiger partial charge in [-0.3, -0.25) is 9.59 Å². The molecule has 2 aliphatic heterocycles. The first-order valence-electron chi connectivity index (χ1n) is 9.03. The maximum Gasteiger partial charge on any atom is 0.227 e. The second kappa shape index (κ2) is 7.61. The van der Waals surface area contributed by atoms with Crippen LogP contribution < -0.4 is 5.32 Å². The summed E-state index contributed by atoms with van der Waals surface area (Å²) in [5, 5.41) is 3.01. The van der Waals surface area contributed by atoms with Crippen LogP contribution in [0.4, 0.5) is 0 Å². The lowest BCUT2D eigenvalue weighted by Gasteiger charge is -2.37. The third-order valence-corrected chi connectivity index (χ3v) is 6.19. The third kappa shape index (κ3) is 5.41. The van der Waals surface area contributed by atoms with Crippen molar-refractivity contribution in [3.63, 3.8) is 0 Å². The standard InChI is InChI=1S/C17H31N3O4S/c1-17(2,3)16(22)19-9-5-7-13(11-19)15(21)18-14-8-6-10-20(12-14)25(4,23)24/h13-14H,5-12H2,1-4H3,(H,18,21). The summed E-state index contributed by atoms with van der Waals surface area (Å²) in [5.41, 5.74) is -0.447. The van der Waals surface area contributed by atoms with E-state index in [1.54, 1.807) is 4.90 Å². The molecular formula is C17H31N3O4S. The zero-order chi connectivity index (χ0) is 18.8. The molecule has 2 heterocycles. The van der Waals surface area contributed by atoms with Crippen molar-refractivity contribution in [3.05, 3.63) is 0 Å². The maximum absolute atomic E-state index is 12.6. The molecule has 2 unspecified atom stereocenters. The van der Waals surface area contributed by atoms with E-state index in [1.165, 1.54) is 10.6 Å². The van der Waals surface area contributed by atoms with E-state index in [2.05, 4.69) is 5.32 Å². The highest BCUT2D eigenvalue weighted by molar-refractivity contribution is 7.88. The molecule has 1 N–H and O–H groups in total. The molecule has 0 bridgehead atoms. The van der Waals surface area contributed by atoms with E-state index in [1.807, 2.05) is 20.8 Å². The number of sulfonamides is 1. The number of likely N-dealkylation sites (tertiary alicyclic amines) is 1. The number of hydrogen-bond donors (Lipinski definition) is 1. The van der Waals surface area contributed by atoms with Crippen molar-refractivity contribution in [1.29, 1.82) is 0 Å². The average Bonchev–Trinajstić information content (AvgIpc) is 2.53. The molecule has 0 aromatic heterocycles. The molecule has 0 saturated carbocycles. The Bertz CT molecular complexity index is 612. The second-order valence-corrected chi connectivity index (χ2v) is 10.3. The molecule has 144 valence electrons. The molecule has 7 nitrogen and oxygen atoms in total. The summed E-state index contributed by atoms with van der Waals surface area (Å²) in [7, 11) is -3.23. The topological polar surface area (TPSA) is 86.8 Å². The molecule has 2 rings (SSSR count). The van der Waals surface area contributed by atoms with E-state index in [-0.39, 0.29) is 23.8 Å². The number of hydrogen-bond acceptors (Lipinski definition) is 4. The SMILES string of the molecule is CC(C)(C)C(=O)N1CCCC(C(=O)NC2CCCN(S(C)(=O)=O)C2)C1. The van der Waals surface area contributed by atoms with Crippen molar-refractivity contribution >= 4 is 21.8 Å². The van der Waals surface area contributed by atoms with Gasteiger partial charge in [0.1, 0.15) is 0 Å². The molecule has 2 saturated heterocycles. The summed E-state index contributed by atoms with van der Waals surface area (Å²) >= 11 is 0. The molecule has 2 fully saturated rings. The van der Waals surface area contributed by atoms with Crippen LogP contribution in [0.15, 0.2) is 0 Å². The van der Waals surface area contributed by atoms with Crippen molar-refractivity contribution in [3.8, 4) is 0 Å². The van der Waals surface area contributed by atoms with E-state index < -0.39 is 15.4 Å². The van der Waals surface area contributed by atoms with E-state index in [0.717, 1.165) is 25.7 Å². The number of nitrogens with one attached hydrogen (secondary N) is 1. The molecule has 0 spiro atoms. The predicted octanol–water partition coefficient (Wildman–Crippen LogP) is 0.811. The van der Waals surface area contributed by atoms with Gasteiger partial charge in [-0.05, 0) is 25.7 Å². The van der Waals surface area contributed by atoms with Gasteiger partial charge in [0.15, 0.2) is 0 Å². The van der Waals surface area contributed by atoms with E-state index in [9.17, 15) is 18.0 Å². The summed E-state index contributed by atoms with van der Waals surface area (Å²) in [6, 6.07) is -0.148. The third-order valence-electron chi connectivity index (χ3n) is 4.92. The lowest BCUT2D eigenvalue weighted by atomic mass is 9.90. The Balaban J connectivity index is 1.93. The van der Waals surface area contributed by atoms with Gasteiger partial charge in [0.05, 0.1) is 12.2 Å². The number of amides is 2. The molecule has 0 aliphatic carbocycles. The summed E-state index contributed by atoms with van der Waals surface area (Å²) in [5.74, 6) is -0.202. The number of rotatable bonds is 3. The van der Waals surface area contributed by atoms with Crippen LogP contribution in [0.3, 0.4) is 0 Å². The zero-order valence-corrected chi connectivity index (χ0v) is 16.6. The van der Waals surface area contributed by atoms with Crippen molar-refractivity contribution in [1.82, 2.24) is 14.5 Å². The summed E-state index contributed by atoms with van der Waals surface area (Å²) in [4.78, 5) is 26.9. The van der Waals surface area contributed by atoms with Crippen molar-refractivity contribution in [2.75, 3.05) is 32.4 Å². The molecule has 0 radical (unpaired) electrons. The van der Waals surface area contributed by atoms with Gasteiger partial charge in [-0.2, -0.15) is 0 Å². The first kappa shape index (κ1) is 20.2. The average molecular weight is 374 g/mol. The Kier molecular flexibility index (Phi) is 6.14. The van der Waals surface area contributed by atoms with Crippen molar-refractivity contribution in [2.45, 2.75) is 52.5 Å². The molecule has 2 amide bonds. The van der Waals surface area contributed by atoms with Crippen LogP contribution in [0.2, 0.25) is 0 Å². The molecular weight excluding hydrogens is 342 g/mol. The molecule has 2 atom stereocenters. The number of carbonyl (C=O) groups excluding carboxylic acids is 2. The van der Waals surface area contributed by atoms with Crippen molar-refractivity contribution in [2.24, 2.45) is 11.3 Å². The Morgan fingerprint density at radius 2 is 1.68 bits per heavy atom. The Labute approximate surface area is 151 Å². The van der Waals surface area contributed by atoms with Crippen LogP contribution in [0.1, 0.15) is 46.5 Å². The first-order valence-corrected chi connectivity index (χ1v) is 10.9. The largest absolute Gasteiger partial charge is 0.352 e. The fourth-order valence-electron chi connectivity index (χ4n) is 3.53. The van der Waals surface area contributed by atoms with Crippen LogP contribution in [0.25, 0.3) is 0 Å². The highest BCUT2D eigenvalue weighted by Gasteiger charge is 2.34. The summed E-state index contributed by atoms with van der Waals surface area (Å²) < 4.78 is 24.8. The normalized spacial score (nSPS) is 26.3. The van der Waals surface area contributed by atoms with Crippen LogP contribution in [-0.2, 0) is 19.6 Å². The van der Waals surface area contributed by atoms with Gasteiger partial charge >= 0.3 is 0 Å². The number of carbonyl (C=O) groups is 2. The van der Waals surface area contributed by atoms with Gasteiger partial charge in [-0.25, -0.2) is 12.7 Å². The number of piperidine rings is 2. The lowest BCUT2D eigenvalue weighted by molar-refractivity contribution is -0.143. The van der Waals surface area contributed by atoms with Crippen LogP contribution >= 0.6 is 0 Å².